The number of phenols is 2. The third-order valence-corrected chi connectivity index (χ3v) is 5.96. The van der Waals surface area contributed by atoms with E-state index in [-0.39, 0.29) is 11.5 Å². The monoisotopic (exact) mass is 358 g/mol. The van der Waals surface area contributed by atoms with Gasteiger partial charge in [0.1, 0.15) is 11.5 Å². The molecule has 136 valence electrons. The van der Waals surface area contributed by atoms with Crippen LogP contribution in [0.3, 0.4) is 0 Å². The molecule has 0 saturated heterocycles. The third-order valence-electron chi connectivity index (χ3n) is 4.62. The Labute approximate surface area is 153 Å². The Morgan fingerprint density at radius 2 is 1.60 bits per heavy atom. The van der Waals surface area contributed by atoms with E-state index in [1.807, 2.05) is 18.2 Å². The number of rotatable bonds is 10. The first kappa shape index (κ1) is 19.4. The highest BCUT2D eigenvalue weighted by atomic mass is 28.2. The van der Waals surface area contributed by atoms with Crippen molar-refractivity contribution in [2.45, 2.75) is 58.8 Å². The van der Waals surface area contributed by atoms with Crippen LogP contribution in [-0.2, 0) is 6.42 Å². The van der Waals surface area contributed by atoms with Crippen LogP contribution in [0.25, 0.3) is 0 Å². The highest BCUT2D eigenvalue weighted by Gasteiger charge is 2.13. The number of unbranched alkanes of at least 4 members (excludes halogenated alkanes) is 5. The van der Waals surface area contributed by atoms with Crippen LogP contribution in [0.2, 0.25) is 0 Å². The molecule has 0 saturated carbocycles. The van der Waals surface area contributed by atoms with Crippen LogP contribution in [0.5, 0.6) is 17.2 Å². The average Bonchev–Trinajstić information content (AvgIpc) is 2.61. The smallest absolute Gasteiger partial charge is 0.255 e. The first-order chi connectivity index (χ1) is 12.1. The van der Waals surface area contributed by atoms with Crippen LogP contribution >= 0.6 is 0 Å². The molecule has 0 unspecified atom stereocenters. The number of phenolic OH excluding ortho intramolecular Hbond substituents is 2. The molecule has 0 amide bonds. The largest absolute Gasteiger partial charge is 0.542 e. The summed E-state index contributed by atoms with van der Waals surface area (Å²) in [5.74, 6) is 1.09. The molecule has 0 heterocycles. The van der Waals surface area contributed by atoms with Gasteiger partial charge in [-0.1, -0.05) is 63.3 Å². The maximum Gasteiger partial charge on any atom is 0.255 e. The van der Waals surface area contributed by atoms with Crippen molar-refractivity contribution in [2.75, 3.05) is 0 Å². The molecule has 2 aromatic carbocycles. The zero-order valence-electron chi connectivity index (χ0n) is 15.4. The fourth-order valence-electron chi connectivity index (χ4n) is 3.05. The molecule has 0 aliphatic carbocycles. The van der Waals surface area contributed by atoms with Crippen molar-refractivity contribution in [3.63, 3.8) is 0 Å². The molecule has 0 radical (unpaired) electrons. The number of benzene rings is 2. The maximum absolute atomic E-state index is 10.3. The second kappa shape index (κ2) is 10.1. The lowest BCUT2D eigenvalue weighted by atomic mass is 10.00. The first-order valence-electron chi connectivity index (χ1n) is 9.34. The Morgan fingerprint density at radius 1 is 0.880 bits per heavy atom. The van der Waals surface area contributed by atoms with E-state index < -0.39 is 9.76 Å². The van der Waals surface area contributed by atoms with Gasteiger partial charge in [-0.3, -0.25) is 0 Å². The fourth-order valence-corrected chi connectivity index (χ4v) is 4.17. The van der Waals surface area contributed by atoms with E-state index in [4.69, 9.17) is 4.43 Å². The molecule has 0 bridgehead atoms. The summed E-state index contributed by atoms with van der Waals surface area (Å²) in [6, 6.07) is 10.9. The second-order valence-corrected chi connectivity index (χ2v) is 7.98. The van der Waals surface area contributed by atoms with E-state index in [0.29, 0.717) is 5.75 Å². The molecule has 2 rings (SSSR count). The van der Waals surface area contributed by atoms with Gasteiger partial charge in [0.2, 0.25) is 0 Å². The lowest BCUT2D eigenvalue weighted by molar-refractivity contribution is 0.439. The molecule has 3 nitrogen and oxygen atoms in total. The Kier molecular flexibility index (Phi) is 7.86. The van der Waals surface area contributed by atoms with Crippen molar-refractivity contribution >= 4 is 14.9 Å². The molecule has 0 fully saturated rings. The molecule has 0 spiro atoms. The molecular weight excluding hydrogens is 328 g/mol. The van der Waals surface area contributed by atoms with Crippen LogP contribution in [0.4, 0.5) is 0 Å². The SMILES string of the molecule is CCCCCCCCc1c(C)ccc(O)c1O[SiH2]c1ccccc1O. The summed E-state index contributed by atoms with van der Waals surface area (Å²) in [4.78, 5) is 0. The van der Waals surface area contributed by atoms with E-state index in [1.165, 1.54) is 32.1 Å². The van der Waals surface area contributed by atoms with E-state index in [0.717, 1.165) is 29.2 Å². The minimum Gasteiger partial charge on any atom is -0.542 e. The van der Waals surface area contributed by atoms with Gasteiger partial charge < -0.3 is 14.6 Å². The van der Waals surface area contributed by atoms with Crippen molar-refractivity contribution in [1.29, 1.82) is 0 Å². The van der Waals surface area contributed by atoms with Gasteiger partial charge in [0.15, 0.2) is 5.75 Å². The first-order valence-corrected chi connectivity index (χ1v) is 10.6. The van der Waals surface area contributed by atoms with Gasteiger partial charge in [0, 0.05) is 5.19 Å². The van der Waals surface area contributed by atoms with Gasteiger partial charge >= 0.3 is 0 Å². The normalized spacial score (nSPS) is 11.3. The van der Waals surface area contributed by atoms with E-state index >= 15 is 0 Å². The van der Waals surface area contributed by atoms with Crippen molar-refractivity contribution in [3.8, 4) is 17.2 Å². The minimum absolute atomic E-state index is 0.203. The minimum atomic E-state index is -1.15. The van der Waals surface area contributed by atoms with Crippen LogP contribution in [0, 0.1) is 6.92 Å². The van der Waals surface area contributed by atoms with Gasteiger partial charge in [-0.15, -0.1) is 0 Å². The predicted octanol–water partition coefficient (Wildman–Crippen LogP) is 4.10. The molecular formula is C21H30O3Si. The summed E-state index contributed by atoms with van der Waals surface area (Å²) in [6.45, 7) is 4.30. The van der Waals surface area contributed by atoms with Crippen molar-refractivity contribution in [2.24, 2.45) is 0 Å². The Balaban J connectivity index is 2.01. The fraction of sp³-hybridized carbons (Fsp3) is 0.429. The van der Waals surface area contributed by atoms with E-state index in [9.17, 15) is 10.2 Å². The number of aryl methyl sites for hydroxylation is 1. The molecule has 0 aliphatic rings. The Bertz CT molecular complexity index is 670. The van der Waals surface area contributed by atoms with Gasteiger partial charge in [0.05, 0.1) is 0 Å². The van der Waals surface area contributed by atoms with E-state index in [2.05, 4.69) is 13.8 Å². The highest BCUT2D eigenvalue weighted by molar-refractivity contribution is 6.49. The van der Waals surface area contributed by atoms with Crippen LogP contribution in [-0.4, -0.2) is 20.0 Å². The average molecular weight is 359 g/mol. The van der Waals surface area contributed by atoms with Crippen molar-refractivity contribution < 1.29 is 14.6 Å². The van der Waals surface area contributed by atoms with Gasteiger partial charge in [-0.25, -0.2) is 0 Å². The molecule has 2 N–H and O–H groups in total. The maximum atomic E-state index is 10.3. The number of hydrogen-bond acceptors (Lipinski definition) is 3. The summed E-state index contributed by atoms with van der Waals surface area (Å²) in [7, 11) is -1.15. The molecule has 4 heteroatoms. The quantitative estimate of drug-likeness (QED) is 0.497. The van der Waals surface area contributed by atoms with Crippen molar-refractivity contribution in [1.82, 2.24) is 0 Å². The van der Waals surface area contributed by atoms with Gasteiger partial charge in [0.25, 0.3) is 9.76 Å². The lowest BCUT2D eigenvalue weighted by Crippen LogP contribution is -2.21. The topological polar surface area (TPSA) is 49.7 Å². The highest BCUT2D eigenvalue weighted by Crippen LogP contribution is 2.33. The summed E-state index contributed by atoms with van der Waals surface area (Å²) in [5.41, 5.74) is 2.27. The molecule has 2 aromatic rings. The van der Waals surface area contributed by atoms with Crippen LogP contribution < -0.4 is 9.61 Å². The Morgan fingerprint density at radius 3 is 2.36 bits per heavy atom. The van der Waals surface area contributed by atoms with Gasteiger partial charge in [-0.2, -0.15) is 0 Å². The molecule has 0 aromatic heterocycles. The second-order valence-electron chi connectivity index (χ2n) is 6.64. The summed E-state index contributed by atoms with van der Waals surface area (Å²) in [5, 5.41) is 21.0. The van der Waals surface area contributed by atoms with E-state index in [1.54, 1.807) is 18.2 Å². The lowest BCUT2D eigenvalue weighted by Gasteiger charge is -2.16. The van der Waals surface area contributed by atoms with Crippen LogP contribution in [0.15, 0.2) is 36.4 Å². The summed E-state index contributed by atoms with van der Waals surface area (Å²) < 4.78 is 6.04. The number of hydrogen-bond donors (Lipinski definition) is 2. The van der Waals surface area contributed by atoms with Crippen molar-refractivity contribution in [3.05, 3.63) is 47.5 Å². The van der Waals surface area contributed by atoms with Gasteiger partial charge in [-0.05, 0) is 43.0 Å². The standard InChI is InChI=1S/C21H30O3Si/c1-3-4-5-6-7-8-11-17-16(2)14-15-19(23)21(17)24-25-20-13-10-9-12-18(20)22/h9-10,12-15,22-23H,3-8,11,25H2,1-2H3. The summed E-state index contributed by atoms with van der Waals surface area (Å²) >= 11 is 0. The third kappa shape index (κ3) is 5.82. The van der Waals surface area contributed by atoms with Crippen LogP contribution in [0.1, 0.15) is 56.6 Å². The number of aromatic hydroxyl groups is 2. The molecule has 0 atom stereocenters. The number of para-hydroxylation sites is 1. The molecule has 0 aliphatic heterocycles. The zero-order valence-corrected chi connectivity index (χ0v) is 16.8. The predicted molar refractivity (Wildman–Crippen MR) is 107 cm³/mol. The molecule has 25 heavy (non-hydrogen) atoms. The summed E-state index contributed by atoms with van der Waals surface area (Å²) in [6.07, 6.45) is 8.41. The Hall–Kier alpha value is -1.94. The zero-order chi connectivity index (χ0) is 18.1.